The molecule has 0 aliphatic carbocycles. The molecular formula is C14H11Cl2N3O2. The standard InChI is InChI=1S/C14H11Cl2N3O2/c1-9(13-6-5-10(15)7-14(13)16)17-18-11-3-2-4-12(8-11)19(20)21/h2-8,18H,1H3/b17-9+. The first-order valence-corrected chi connectivity index (χ1v) is 6.73. The van der Waals surface area contributed by atoms with E-state index in [2.05, 4.69) is 10.5 Å². The van der Waals surface area contributed by atoms with Gasteiger partial charge in [0.05, 0.1) is 21.3 Å². The minimum Gasteiger partial charge on any atom is -0.278 e. The summed E-state index contributed by atoms with van der Waals surface area (Å²) >= 11 is 11.9. The predicted molar refractivity (Wildman–Crippen MR) is 85.4 cm³/mol. The van der Waals surface area contributed by atoms with Crippen molar-refractivity contribution in [2.24, 2.45) is 5.10 Å². The summed E-state index contributed by atoms with van der Waals surface area (Å²) in [6, 6.07) is 11.2. The molecule has 0 saturated heterocycles. The summed E-state index contributed by atoms with van der Waals surface area (Å²) in [6.07, 6.45) is 0. The van der Waals surface area contributed by atoms with E-state index in [-0.39, 0.29) is 5.69 Å². The van der Waals surface area contributed by atoms with Crippen molar-refractivity contribution in [3.8, 4) is 0 Å². The third-order valence-corrected chi connectivity index (χ3v) is 3.28. The highest BCUT2D eigenvalue weighted by Gasteiger charge is 2.06. The SMILES string of the molecule is C/C(=N\Nc1cccc([N+](=O)[O-])c1)c1ccc(Cl)cc1Cl. The van der Waals surface area contributed by atoms with Crippen LogP contribution in [0.4, 0.5) is 11.4 Å². The Kier molecular flexibility index (Phi) is 4.77. The minimum absolute atomic E-state index is 0.00243. The molecule has 0 saturated carbocycles. The van der Waals surface area contributed by atoms with Crippen LogP contribution < -0.4 is 5.43 Å². The molecule has 2 rings (SSSR count). The third kappa shape index (κ3) is 3.93. The zero-order chi connectivity index (χ0) is 15.4. The van der Waals surface area contributed by atoms with E-state index in [4.69, 9.17) is 23.2 Å². The van der Waals surface area contributed by atoms with Crippen LogP contribution in [0.1, 0.15) is 12.5 Å². The van der Waals surface area contributed by atoms with E-state index in [1.165, 1.54) is 12.1 Å². The topological polar surface area (TPSA) is 67.5 Å². The summed E-state index contributed by atoms with van der Waals surface area (Å²) in [4.78, 5) is 10.2. The number of nitro groups is 1. The van der Waals surface area contributed by atoms with Gasteiger partial charge in [-0.1, -0.05) is 35.3 Å². The van der Waals surface area contributed by atoms with Gasteiger partial charge in [-0.15, -0.1) is 0 Å². The highest BCUT2D eigenvalue weighted by molar-refractivity contribution is 6.37. The van der Waals surface area contributed by atoms with Crippen molar-refractivity contribution in [1.29, 1.82) is 0 Å². The molecule has 2 aromatic rings. The molecule has 21 heavy (non-hydrogen) atoms. The Morgan fingerprint density at radius 1 is 1.24 bits per heavy atom. The fraction of sp³-hybridized carbons (Fsp3) is 0.0714. The average Bonchev–Trinajstić information content (AvgIpc) is 2.45. The lowest BCUT2D eigenvalue weighted by Crippen LogP contribution is -2.01. The van der Waals surface area contributed by atoms with Gasteiger partial charge in [0.2, 0.25) is 0 Å². The number of benzene rings is 2. The molecule has 2 aromatic carbocycles. The predicted octanol–water partition coefficient (Wildman–Crippen LogP) is 4.74. The quantitative estimate of drug-likeness (QED) is 0.502. The van der Waals surface area contributed by atoms with E-state index in [1.807, 2.05) is 0 Å². The zero-order valence-electron chi connectivity index (χ0n) is 11.0. The number of anilines is 1. The number of hydrazone groups is 1. The lowest BCUT2D eigenvalue weighted by molar-refractivity contribution is -0.384. The van der Waals surface area contributed by atoms with Crippen molar-refractivity contribution in [3.63, 3.8) is 0 Å². The highest BCUT2D eigenvalue weighted by atomic mass is 35.5. The van der Waals surface area contributed by atoms with Crippen molar-refractivity contribution in [3.05, 3.63) is 68.2 Å². The number of nitro benzene ring substituents is 1. The molecule has 0 atom stereocenters. The number of non-ortho nitro benzene ring substituents is 1. The average molecular weight is 324 g/mol. The van der Waals surface area contributed by atoms with E-state index in [0.29, 0.717) is 21.4 Å². The van der Waals surface area contributed by atoms with Crippen molar-refractivity contribution in [2.75, 3.05) is 5.43 Å². The first kappa shape index (κ1) is 15.3. The van der Waals surface area contributed by atoms with Crippen LogP contribution in [0.25, 0.3) is 0 Å². The number of nitrogens with zero attached hydrogens (tertiary/aromatic N) is 2. The Balaban J connectivity index is 2.20. The lowest BCUT2D eigenvalue weighted by atomic mass is 10.1. The molecule has 1 N–H and O–H groups in total. The number of hydrogen-bond donors (Lipinski definition) is 1. The minimum atomic E-state index is -0.461. The Morgan fingerprint density at radius 3 is 2.67 bits per heavy atom. The first-order valence-electron chi connectivity index (χ1n) is 5.97. The van der Waals surface area contributed by atoms with E-state index in [0.717, 1.165) is 5.56 Å². The molecular weight excluding hydrogens is 313 g/mol. The van der Waals surface area contributed by atoms with E-state index in [1.54, 1.807) is 37.3 Å². The van der Waals surface area contributed by atoms with Crippen LogP contribution in [0.3, 0.4) is 0 Å². The summed E-state index contributed by atoms with van der Waals surface area (Å²) < 4.78 is 0. The molecule has 0 aromatic heterocycles. The second-order valence-corrected chi connectivity index (χ2v) is 5.08. The molecule has 0 amide bonds. The van der Waals surface area contributed by atoms with Gasteiger partial charge in [0.25, 0.3) is 5.69 Å². The van der Waals surface area contributed by atoms with Crippen LogP contribution in [0.5, 0.6) is 0 Å². The third-order valence-electron chi connectivity index (χ3n) is 2.73. The van der Waals surface area contributed by atoms with Gasteiger partial charge in [-0.2, -0.15) is 5.10 Å². The Morgan fingerprint density at radius 2 is 2.00 bits per heavy atom. The van der Waals surface area contributed by atoms with Crippen molar-refractivity contribution >= 4 is 40.3 Å². The molecule has 0 unspecified atom stereocenters. The summed E-state index contributed by atoms with van der Waals surface area (Å²) in [6.45, 7) is 1.78. The van der Waals surface area contributed by atoms with Gasteiger partial charge in [-0.25, -0.2) is 0 Å². The summed E-state index contributed by atoms with van der Waals surface area (Å²) in [5.41, 5.74) is 4.67. The largest absolute Gasteiger partial charge is 0.278 e. The van der Waals surface area contributed by atoms with Crippen LogP contribution in [-0.2, 0) is 0 Å². The van der Waals surface area contributed by atoms with E-state index < -0.39 is 4.92 Å². The Bertz CT molecular complexity index is 717. The van der Waals surface area contributed by atoms with Crippen LogP contribution in [-0.4, -0.2) is 10.6 Å². The fourth-order valence-corrected chi connectivity index (χ4v) is 2.23. The smallest absolute Gasteiger partial charge is 0.271 e. The summed E-state index contributed by atoms with van der Waals surface area (Å²) in [5.74, 6) is 0. The lowest BCUT2D eigenvalue weighted by Gasteiger charge is -2.06. The molecule has 108 valence electrons. The van der Waals surface area contributed by atoms with Gasteiger partial charge in [0, 0.05) is 22.7 Å². The maximum Gasteiger partial charge on any atom is 0.271 e. The number of halogens is 2. The molecule has 0 aliphatic rings. The molecule has 0 radical (unpaired) electrons. The van der Waals surface area contributed by atoms with Gasteiger partial charge in [-0.05, 0) is 25.1 Å². The van der Waals surface area contributed by atoms with Crippen LogP contribution in [0.15, 0.2) is 47.6 Å². The first-order chi connectivity index (χ1) is 9.97. The summed E-state index contributed by atoms with van der Waals surface area (Å²) in [5, 5.41) is 15.9. The fourth-order valence-electron chi connectivity index (χ4n) is 1.68. The van der Waals surface area contributed by atoms with Crippen molar-refractivity contribution in [2.45, 2.75) is 6.92 Å². The number of rotatable bonds is 4. The van der Waals surface area contributed by atoms with Crippen LogP contribution in [0.2, 0.25) is 10.0 Å². The molecule has 5 nitrogen and oxygen atoms in total. The van der Waals surface area contributed by atoms with Crippen molar-refractivity contribution < 1.29 is 4.92 Å². The van der Waals surface area contributed by atoms with Gasteiger partial charge in [0.1, 0.15) is 0 Å². The zero-order valence-corrected chi connectivity index (χ0v) is 12.5. The Hall–Kier alpha value is -2.11. The van der Waals surface area contributed by atoms with Crippen molar-refractivity contribution in [1.82, 2.24) is 0 Å². The number of hydrogen-bond acceptors (Lipinski definition) is 4. The molecule has 0 spiro atoms. The molecule has 0 heterocycles. The maximum absolute atomic E-state index is 10.7. The normalized spacial score (nSPS) is 11.3. The van der Waals surface area contributed by atoms with E-state index >= 15 is 0 Å². The van der Waals surface area contributed by atoms with Crippen LogP contribution in [0, 0.1) is 10.1 Å². The molecule has 0 bridgehead atoms. The summed E-state index contributed by atoms with van der Waals surface area (Å²) in [7, 11) is 0. The van der Waals surface area contributed by atoms with E-state index in [9.17, 15) is 10.1 Å². The second-order valence-electron chi connectivity index (χ2n) is 4.24. The van der Waals surface area contributed by atoms with Gasteiger partial charge in [-0.3, -0.25) is 15.5 Å². The van der Waals surface area contributed by atoms with Gasteiger partial charge < -0.3 is 0 Å². The van der Waals surface area contributed by atoms with Gasteiger partial charge in [0.15, 0.2) is 0 Å². The molecule has 7 heteroatoms. The highest BCUT2D eigenvalue weighted by Crippen LogP contribution is 2.22. The second kappa shape index (κ2) is 6.56. The molecule has 0 fully saturated rings. The van der Waals surface area contributed by atoms with Crippen LogP contribution >= 0.6 is 23.2 Å². The number of nitrogens with one attached hydrogen (secondary N) is 1. The maximum atomic E-state index is 10.7. The monoisotopic (exact) mass is 323 g/mol. The Labute approximate surface area is 131 Å². The molecule has 0 aliphatic heterocycles. The van der Waals surface area contributed by atoms with Gasteiger partial charge >= 0.3 is 0 Å².